The number of benzene rings is 1. The largest absolute Gasteiger partial charge is 0.445 e. The molecule has 30 heavy (non-hydrogen) atoms. The van der Waals surface area contributed by atoms with Crippen LogP contribution in [-0.4, -0.2) is 33.3 Å². The Balaban J connectivity index is 2.49. The van der Waals surface area contributed by atoms with Crippen LogP contribution in [0.2, 0.25) is 0 Å². The predicted octanol–water partition coefficient (Wildman–Crippen LogP) is 6.37. The molecule has 0 saturated heterocycles. The molecule has 13 heteroatoms. The van der Waals surface area contributed by atoms with Crippen molar-refractivity contribution in [3.63, 3.8) is 0 Å². The lowest BCUT2D eigenvalue weighted by molar-refractivity contribution is -0.137. The molecule has 1 amide bonds. The first kappa shape index (κ1) is 25.3. The Kier molecular flexibility index (Phi) is 7.81. The van der Waals surface area contributed by atoms with Gasteiger partial charge in [-0.1, -0.05) is 47.8 Å². The number of anilines is 1. The summed E-state index contributed by atoms with van der Waals surface area (Å²) in [4.78, 5) is 23.9. The summed E-state index contributed by atoms with van der Waals surface area (Å²) in [5.74, 6) is -1.56. The number of amides is 1. The summed E-state index contributed by atoms with van der Waals surface area (Å²) in [6.45, 7) is 2.59. The van der Waals surface area contributed by atoms with E-state index in [9.17, 15) is 27.4 Å². The van der Waals surface area contributed by atoms with Crippen LogP contribution in [0.1, 0.15) is 31.4 Å². The molecule has 168 valence electrons. The summed E-state index contributed by atoms with van der Waals surface area (Å²) in [6, 6.07) is 2.53. The van der Waals surface area contributed by atoms with Crippen LogP contribution >= 0.6 is 42.4 Å². The summed E-state index contributed by atoms with van der Waals surface area (Å²) in [5.41, 5.74) is -1.07. The third-order valence-corrected chi connectivity index (χ3v) is 6.18. The Morgan fingerprint density at radius 1 is 1.33 bits per heavy atom. The quantitative estimate of drug-likeness (QED) is 0.368. The van der Waals surface area contributed by atoms with Crippen molar-refractivity contribution < 1.29 is 36.7 Å². The summed E-state index contributed by atoms with van der Waals surface area (Å²) in [5, 5.41) is 0. The molecule has 1 aliphatic rings. The summed E-state index contributed by atoms with van der Waals surface area (Å²) in [6.07, 6.45) is -3.73. The van der Waals surface area contributed by atoms with Gasteiger partial charge in [-0.15, -0.1) is 0 Å². The Bertz CT molecular complexity index is 875. The van der Waals surface area contributed by atoms with E-state index in [1.165, 1.54) is 6.08 Å². The van der Waals surface area contributed by atoms with E-state index in [0.29, 0.717) is 6.42 Å². The molecule has 1 aromatic rings. The maximum absolute atomic E-state index is 13.0. The van der Waals surface area contributed by atoms with Crippen LogP contribution in [0.15, 0.2) is 24.3 Å². The lowest BCUT2D eigenvalue weighted by Crippen LogP contribution is -2.43. The molecule has 3 unspecified atom stereocenters. The van der Waals surface area contributed by atoms with Crippen LogP contribution in [0.3, 0.4) is 0 Å². The van der Waals surface area contributed by atoms with Crippen LogP contribution in [0, 0.1) is 0 Å². The lowest BCUT2D eigenvalue weighted by Gasteiger charge is -2.35. The van der Waals surface area contributed by atoms with E-state index < -0.39 is 47.7 Å². The first-order valence-corrected chi connectivity index (χ1v) is 11.4. The maximum Gasteiger partial charge on any atom is 0.416 e. The van der Waals surface area contributed by atoms with E-state index in [0.717, 1.165) is 29.2 Å². The molecule has 0 bridgehead atoms. The molecule has 0 aromatic heterocycles. The minimum atomic E-state index is -4.62. The summed E-state index contributed by atoms with van der Waals surface area (Å²) in [7, 11) is -4.50. The maximum atomic E-state index is 13.0. The summed E-state index contributed by atoms with van der Waals surface area (Å²) < 4.78 is 60.1. The van der Waals surface area contributed by atoms with Crippen molar-refractivity contribution in [2.24, 2.45) is 0 Å². The van der Waals surface area contributed by atoms with Gasteiger partial charge in [0.2, 0.25) is 3.79 Å². The van der Waals surface area contributed by atoms with Gasteiger partial charge in [0.25, 0.3) is 0 Å². The van der Waals surface area contributed by atoms with Crippen molar-refractivity contribution in [3.05, 3.63) is 35.4 Å². The molecule has 0 radical (unpaired) electrons. The fraction of sp³-hybridized carbons (Fsp3) is 0.471. The first-order chi connectivity index (χ1) is 13.7. The zero-order chi connectivity index (χ0) is 22.9. The molecule has 3 atom stereocenters. The van der Waals surface area contributed by atoms with Crippen molar-refractivity contribution in [1.29, 1.82) is 0 Å². The van der Waals surface area contributed by atoms with E-state index in [1.54, 1.807) is 13.8 Å². The number of ether oxygens (including phenoxy) is 1. The third-order valence-electron chi connectivity index (χ3n) is 4.12. The highest BCUT2D eigenvalue weighted by Crippen LogP contribution is 2.54. The fourth-order valence-electron chi connectivity index (χ4n) is 2.57. The Hall–Kier alpha value is -0.960. The minimum absolute atomic E-state index is 0.0181. The SMILES string of the molecule is CCC(C)OP(=O)(O)C1C=Cc2cc(C(F)(F)F)ccc2N1C(=O)OCC(Cl)(Cl)Cl. The van der Waals surface area contributed by atoms with Gasteiger partial charge in [0.05, 0.1) is 17.4 Å². The number of fused-ring (bicyclic) bond motifs is 1. The highest BCUT2D eigenvalue weighted by Gasteiger charge is 2.44. The van der Waals surface area contributed by atoms with Gasteiger partial charge in [-0.3, -0.25) is 9.46 Å². The van der Waals surface area contributed by atoms with Gasteiger partial charge >= 0.3 is 19.9 Å². The molecular weight excluding hydrogens is 493 g/mol. The number of alkyl halides is 6. The van der Waals surface area contributed by atoms with E-state index in [2.05, 4.69) is 0 Å². The standard InChI is InChI=1S/C17H18Cl3F3NO5P/c1-3-10(2)29-30(26,27)14-7-4-11-8-12(17(21,22)23)5-6-13(11)24(14)15(25)28-9-16(18,19)20/h4-8,10,14H,3,9H2,1-2H3,(H,26,27). The molecule has 2 rings (SSSR count). The van der Waals surface area contributed by atoms with Gasteiger partial charge in [0.15, 0.2) is 5.78 Å². The summed E-state index contributed by atoms with van der Waals surface area (Å²) >= 11 is 16.7. The molecule has 1 heterocycles. The van der Waals surface area contributed by atoms with Crippen molar-refractivity contribution in [2.75, 3.05) is 11.5 Å². The second kappa shape index (κ2) is 9.27. The zero-order valence-corrected chi connectivity index (χ0v) is 18.9. The number of rotatable bonds is 5. The molecule has 1 aromatic carbocycles. The van der Waals surface area contributed by atoms with Gasteiger partial charge in [-0.05, 0) is 43.2 Å². The molecule has 0 saturated carbocycles. The van der Waals surface area contributed by atoms with Crippen LogP contribution in [0.25, 0.3) is 6.08 Å². The average Bonchev–Trinajstić information content (AvgIpc) is 2.62. The molecule has 1 aliphatic heterocycles. The minimum Gasteiger partial charge on any atom is -0.445 e. The van der Waals surface area contributed by atoms with Crippen LogP contribution in [0.5, 0.6) is 0 Å². The smallest absolute Gasteiger partial charge is 0.416 e. The van der Waals surface area contributed by atoms with Crippen molar-refractivity contribution >= 4 is 60.3 Å². The number of hydrogen-bond donors (Lipinski definition) is 1. The number of carbonyl (C=O) groups excluding carboxylic acids is 1. The molecule has 0 fully saturated rings. The second-order valence-electron chi connectivity index (χ2n) is 6.47. The Labute approximate surface area is 186 Å². The highest BCUT2D eigenvalue weighted by molar-refractivity contribution is 7.54. The van der Waals surface area contributed by atoms with Crippen LogP contribution in [-0.2, 0) is 20.0 Å². The number of halogens is 6. The van der Waals surface area contributed by atoms with Gasteiger partial charge in [-0.2, -0.15) is 13.2 Å². The van der Waals surface area contributed by atoms with Gasteiger partial charge < -0.3 is 14.2 Å². The zero-order valence-electron chi connectivity index (χ0n) is 15.7. The van der Waals surface area contributed by atoms with Crippen LogP contribution < -0.4 is 4.90 Å². The van der Waals surface area contributed by atoms with Gasteiger partial charge in [0, 0.05) is 0 Å². The first-order valence-electron chi connectivity index (χ1n) is 8.58. The average molecular weight is 511 g/mol. The van der Waals surface area contributed by atoms with Gasteiger partial charge in [-0.25, -0.2) is 4.79 Å². The van der Waals surface area contributed by atoms with Crippen LogP contribution in [0.4, 0.5) is 23.7 Å². The number of carbonyl (C=O) groups is 1. The van der Waals surface area contributed by atoms with E-state index in [4.69, 9.17) is 44.1 Å². The third kappa shape index (κ3) is 6.28. The lowest BCUT2D eigenvalue weighted by atomic mass is 10.0. The molecular formula is C17H18Cl3F3NO5P. The van der Waals surface area contributed by atoms with Crippen molar-refractivity contribution in [3.8, 4) is 0 Å². The molecule has 6 nitrogen and oxygen atoms in total. The monoisotopic (exact) mass is 509 g/mol. The second-order valence-corrected chi connectivity index (χ2v) is 10.9. The number of hydrogen-bond acceptors (Lipinski definition) is 4. The Morgan fingerprint density at radius 2 is 1.97 bits per heavy atom. The van der Waals surface area contributed by atoms with E-state index >= 15 is 0 Å². The topological polar surface area (TPSA) is 76.1 Å². The normalized spacial score (nSPS) is 19.8. The highest BCUT2D eigenvalue weighted by atomic mass is 35.6. The van der Waals surface area contributed by atoms with Gasteiger partial charge in [0.1, 0.15) is 6.61 Å². The van der Waals surface area contributed by atoms with Crippen molar-refractivity contribution in [1.82, 2.24) is 0 Å². The fourth-order valence-corrected chi connectivity index (χ4v) is 4.34. The van der Waals surface area contributed by atoms with E-state index in [-0.39, 0.29) is 11.3 Å². The number of nitrogens with zero attached hydrogens (tertiary/aromatic N) is 1. The van der Waals surface area contributed by atoms with E-state index in [1.807, 2.05) is 0 Å². The Morgan fingerprint density at radius 3 is 2.50 bits per heavy atom. The van der Waals surface area contributed by atoms with Crippen molar-refractivity contribution in [2.45, 2.75) is 42.1 Å². The molecule has 1 N–H and O–H groups in total. The molecule has 0 aliphatic carbocycles. The predicted molar refractivity (Wildman–Crippen MR) is 109 cm³/mol. The molecule has 0 spiro atoms.